The van der Waals surface area contributed by atoms with Crippen molar-refractivity contribution < 1.29 is 14.3 Å². The van der Waals surface area contributed by atoms with Crippen molar-refractivity contribution in [3.8, 4) is 0 Å². The van der Waals surface area contributed by atoms with Gasteiger partial charge in [-0.15, -0.1) is 0 Å². The number of nitrogens with one attached hydrogen (secondary N) is 1. The molecule has 0 bridgehead atoms. The molecular weight excluding hydrogens is 270 g/mol. The zero-order valence-corrected chi connectivity index (χ0v) is 12.5. The lowest BCUT2D eigenvalue weighted by atomic mass is 10.2. The van der Waals surface area contributed by atoms with Gasteiger partial charge in [0.05, 0.1) is 12.7 Å². The highest BCUT2D eigenvalue weighted by Gasteiger charge is 2.19. The van der Waals surface area contributed by atoms with E-state index >= 15 is 0 Å². The first kappa shape index (κ1) is 15.7. The number of pyridine rings is 1. The van der Waals surface area contributed by atoms with Gasteiger partial charge in [-0.2, -0.15) is 0 Å². The Bertz CT molecular complexity index is 421. The predicted octanol–water partition coefficient (Wildman–Crippen LogP) is 1.42. The maximum absolute atomic E-state index is 12.3. The van der Waals surface area contributed by atoms with Crippen LogP contribution in [0.4, 0.5) is 4.79 Å². The summed E-state index contributed by atoms with van der Waals surface area (Å²) in [7, 11) is 1.63. The molecule has 116 valence electrons. The second kappa shape index (κ2) is 8.59. The summed E-state index contributed by atoms with van der Waals surface area (Å²) in [5, 5.41) is 2.94. The summed E-state index contributed by atoms with van der Waals surface area (Å²) in [5.74, 6) is 0. The molecule has 1 atom stereocenters. The average Bonchev–Trinajstić information content (AvgIpc) is 3.03. The Kier molecular flexibility index (Phi) is 6.43. The maximum Gasteiger partial charge on any atom is 0.317 e. The predicted molar refractivity (Wildman–Crippen MR) is 78.9 cm³/mol. The molecule has 0 saturated carbocycles. The van der Waals surface area contributed by atoms with Crippen LogP contribution in [-0.4, -0.2) is 55.4 Å². The van der Waals surface area contributed by atoms with Gasteiger partial charge in [0.25, 0.3) is 0 Å². The molecule has 2 heterocycles. The number of carbonyl (C=O) groups is 1. The Morgan fingerprint density at radius 1 is 1.52 bits per heavy atom. The number of methoxy groups -OCH3 is 1. The second-order valence-corrected chi connectivity index (χ2v) is 5.09. The highest BCUT2D eigenvalue weighted by atomic mass is 16.5. The van der Waals surface area contributed by atoms with E-state index in [-0.39, 0.29) is 12.1 Å². The van der Waals surface area contributed by atoms with Gasteiger partial charge in [-0.25, -0.2) is 4.79 Å². The molecule has 6 nitrogen and oxygen atoms in total. The second-order valence-electron chi connectivity index (χ2n) is 5.09. The normalized spacial score (nSPS) is 17.7. The lowest BCUT2D eigenvalue weighted by Gasteiger charge is -2.23. The van der Waals surface area contributed by atoms with E-state index in [2.05, 4.69) is 10.3 Å². The third kappa shape index (κ3) is 5.32. The third-order valence-corrected chi connectivity index (χ3v) is 3.48. The number of amides is 2. The van der Waals surface area contributed by atoms with Gasteiger partial charge in [0.1, 0.15) is 0 Å². The van der Waals surface area contributed by atoms with Crippen LogP contribution in [0.25, 0.3) is 0 Å². The Morgan fingerprint density at radius 2 is 2.33 bits per heavy atom. The Labute approximate surface area is 125 Å². The van der Waals surface area contributed by atoms with Gasteiger partial charge in [-0.05, 0) is 30.5 Å². The van der Waals surface area contributed by atoms with E-state index in [4.69, 9.17) is 9.47 Å². The summed E-state index contributed by atoms with van der Waals surface area (Å²) in [4.78, 5) is 18.0. The van der Waals surface area contributed by atoms with Crippen LogP contribution in [0.2, 0.25) is 0 Å². The van der Waals surface area contributed by atoms with Gasteiger partial charge in [0, 0.05) is 45.7 Å². The molecule has 0 radical (unpaired) electrons. The number of aromatic nitrogens is 1. The first-order valence-electron chi connectivity index (χ1n) is 7.32. The minimum absolute atomic E-state index is 0.0839. The van der Waals surface area contributed by atoms with Gasteiger partial charge >= 0.3 is 6.03 Å². The number of hydrogen-bond acceptors (Lipinski definition) is 4. The molecule has 1 N–H and O–H groups in total. The van der Waals surface area contributed by atoms with Crippen LogP contribution in [-0.2, 0) is 16.0 Å². The summed E-state index contributed by atoms with van der Waals surface area (Å²) >= 11 is 0. The molecule has 0 aromatic carbocycles. The smallest absolute Gasteiger partial charge is 0.317 e. The fourth-order valence-electron chi connectivity index (χ4n) is 2.28. The number of carbonyl (C=O) groups excluding carboxylic acids is 1. The van der Waals surface area contributed by atoms with E-state index in [9.17, 15) is 4.79 Å². The molecule has 0 spiro atoms. The van der Waals surface area contributed by atoms with Crippen LogP contribution < -0.4 is 5.32 Å². The van der Waals surface area contributed by atoms with Gasteiger partial charge in [-0.3, -0.25) is 4.98 Å². The molecule has 1 aliphatic rings. The molecule has 1 aromatic heterocycles. The van der Waals surface area contributed by atoms with Crippen molar-refractivity contribution in [2.24, 2.45) is 0 Å². The van der Waals surface area contributed by atoms with E-state index in [0.717, 1.165) is 25.0 Å². The summed E-state index contributed by atoms with van der Waals surface area (Å²) < 4.78 is 10.6. The molecule has 6 heteroatoms. The van der Waals surface area contributed by atoms with Crippen molar-refractivity contribution in [2.75, 3.05) is 33.4 Å². The zero-order chi connectivity index (χ0) is 14.9. The summed E-state index contributed by atoms with van der Waals surface area (Å²) in [5.41, 5.74) is 1.05. The minimum atomic E-state index is -0.0839. The quantitative estimate of drug-likeness (QED) is 0.826. The highest BCUT2D eigenvalue weighted by molar-refractivity contribution is 5.74. The molecule has 1 saturated heterocycles. The molecule has 21 heavy (non-hydrogen) atoms. The summed E-state index contributed by atoms with van der Waals surface area (Å²) in [6.45, 7) is 2.97. The molecule has 0 aliphatic carbocycles. The van der Waals surface area contributed by atoms with Gasteiger partial charge in [0.15, 0.2) is 0 Å². The number of ether oxygens (including phenoxy) is 2. The lowest BCUT2D eigenvalue weighted by Crippen LogP contribution is -2.43. The Hall–Kier alpha value is -1.66. The average molecular weight is 293 g/mol. The van der Waals surface area contributed by atoms with Crippen molar-refractivity contribution in [1.29, 1.82) is 0 Å². The fourth-order valence-corrected chi connectivity index (χ4v) is 2.28. The van der Waals surface area contributed by atoms with E-state index < -0.39 is 0 Å². The molecule has 1 aromatic rings. The first-order chi connectivity index (χ1) is 10.3. The van der Waals surface area contributed by atoms with Gasteiger partial charge < -0.3 is 19.7 Å². The molecular formula is C15H23N3O3. The number of hydrogen-bond donors (Lipinski definition) is 1. The van der Waals surface area contributed by atoms with Crippen LogP contribution in [0.3, 0.4) is 0 Å². The molecule has 2 rings (SSSR count). The van der Waals surface area contributed by atoms with E-state index in [1.54, 1.807) is 24.4 Å². The largest absolute Gasteiger partial charge is 0.383 e. The van der Waals surface area contributed by atoms with Crippen molar-refractivity contribution >= 4 is 6.03 Å². The molecule has 0 unspecified atom stereocenters. The SMILES string of the molecule is COCCN(Cc1ccncc1)C(=O)NC[C@H]1CCCO1. The van der Waals surface area contributed by atoms with Crippen LogP contribution >= 0.6 is 0 Å². The third-order valence-electron chi connectivity index (χ3n) is 3.48. The van der Waals surface area contributed by atoms with Crippen LogP contribution in [0, 0.1) is 0 Å². The van der Waals surface area contributed by atoms with Crippen molar-refractivity contribution in [3.63, 3.8) is 0 Å². The number of urea groups is 1. The van der Waals surface area contributed by atoms with Crippen molar-refractivity contribution in [2.45, 2.75) is 25.5 Å². The first-order valence-corrected chi connectivity index (χ1v) is 7.32. The van der Waals surface area contributed by atoms with Crippen molar-refractivity contribution in [1.82, 2.24) is 15.2 Å². The number of nitrogens with zero attached hydrogens (tertiary/aromatic N) is 2. The van der Waals surface area contributed by atoms with Crippen LogP contribution in [0.15, 0.2) is 24.5 Å². The minimum Gasteiger partial charge on any atom is -0.383 e. The van der Waals surface area contributed by atoms with Crippen molar-refractivity contribution in [3.05, 3.63) is 30.1 Å². The molecule has 1 aliphatic heterocycles. The Morgan fingerprint density at radius 3 is 3.00 bits per heavy atom. The standard InChI is InChI=1S/C15H23N3O3/c1-20-10-8-18(12-13-4-6-16-7-5-13)15(19)17-11-14-3-2-9-21-14/h4-7,14H,2-3,8-12H2,1H3,(H,17,19)/t14-/m1/s1. The highest BCUT2D eigenvalue weighted by Crippen LogP contribution is 2.11. The number of rotatable bonds is 7. The lowest BCUT2D eigenvalue weighted by molar-refractivity contribution is 0.106. The van der Waals surface area contributed by atoms with E-state index in [1.165, 1.54) is 0 Å². The topological polar surface area (TPSA) is 63.7 Å². The summed E-state index contributed by atoms with van der Waals surface area (Å²) in [6, 6.07) is 3.74. The van der Waals surface area contributed by atoms with Crippen LogP contribution in [0.1, 0.15) is 18.4 Å². The Balaban J connectivity index is 1.86. The van der Waals surface area contributed by atoms with Crippen LogP contribution in [0.5, 0.6) is 0 Å². The van der Waals surface area contributed by atoms with E-state index in [1.807, 2.05) is 12.1 Å². The van der Waals surface area contributed by atoms with Gasteiger partial charge in [0.2, 0.25) is 0 Å². The zero-order valence-electron chi connectivity index (χ0n) is 12.5. The fraction of sp³-hybridized carbons (Fsp3) is 0.600. The monoisotopic (exact) mass is 293 g/mol. The summed E-state index contributed by atoms with van der Waals surface area (Å²) in [6.07, 6.45) is 5.70. The van der Waals surface area contributed by atoms with Gasteiger partial charge in [-0.1, -0.05) is 0 Å². The maximum atomic E-state index is 12.3. The molecule has 1 fully saturated rings. The molecule has 2 amide bonds. The van der Waals surface area contributed by atoms with E-state index in [0.29, 0.717) is 26.2 Å².